The molecule has 0 unspecified atom stereocenters. The highest BCUT2D eigenvalue weighted by molar-refractivity contribution is 5.77. The van der Waals surface area contributed by atoms with Gasteiger partial charge in [-0.15, -0.1) is 0 Å². The molecule has 2 heterocycles. The second-order valence-corrected chi connectivity index (χ2v) is 4.96. The predicted molar refractivity (Wildman–Crippen MR) is 84.7 cm³/mol. The summed E-state index contributed by atoms with van der Waals surface area (Å²) >= 11 is 0. The summed E-state index contributed by atoms with van der Waals surface area (Å²) in [4.78, 5) is 11.0. The third-order valence-electron chi connectivity index (χ3n) is 3.59. The minimum atomic E-state index is 0.924. The first-order valence-electron chi connectivity index (χ1n) is 6.91. The monoisotopic (exact) mass is 270 g/mol. The molecular weight excluding hydrogens is 248 g/mol. The van der Waals surface area contributed by atoms with E-state index < -0.39 is 0 Å². The SMILES string of the molecule is CC=CC(=C(C)CC)N(C)c1cc2c(cn1)ncn2C. The summed E-state index contributed by atoms with van der Waals surface area (Å²) in [6, 6.07) is 2.08. The first-order chi connectivity index (χ1) is 9.58. The highest BCUT2D eigenvalue weighted by Gasteiger charge is 2.10. The van der Waals surface area contributed by atoms with Crippen molar-refractivity contribution in [3.63, 3.8) is 0 Å². The molecule has 0 atom stereocenters. The molecule has 0 bridgehead atoms. The molecule has 106 valence electrons. The van der Waals surface area contributed by atoms with Crippen LogP contribution in [0.25, 0.3) is 11.0 Å². The Morgan fingerprint density at radius 3 is 2.80 bits per heavy atom. The first-order valence-corrected chi connectivity index (χ1v) is 6.91. The number of imidazole rings is 1. The molecule has 0 N–H and O–H groups in total. The topological polar surface area (TPSA) is 34.0 Å². The molecule has 2 rings (SSSR count). The van der Waals surface area contributed by atoms with Gasteiger partial charge in [0.15, 0.2) is 0 Å². The van der Waals surface area contributed by atoms with Crippen LogP contribution in [0.4, 0.5) is 5.82 Å². The Morgan fingerprint density at radius 1 is 1.40 bits per heavy atom. The molecule has 0 radical (unpaired) electrons. The van der Waals surface area contributed by atoms with Crippen molar-refractivity contribution in [3.8, 4) is 0 Å². The zero-order valence-electron chi connectivity index (χ0n) is 12.9. The van der Waals surface area contributed by atoms with Crippen molar-refractivity contribution in [3.05, 3.63) is 42.0 Å². The van der Waals surface area contributed by atoms with E-state index in [2.05, 4.69) is 54.0 Å². The third-order valence-corrected chi connectivity index (χ3v) is 3.59. The van der Waals surface area contributed by atoms with Gasteiger partial charge in [-0.25, -0.2) is 9.97 Å². The molecule has 0 aromatic carbocycles. The molecule has 0 fully saturated rings. The van der Waals surface area contributed by atoms with Crippen molar-refractivity contribution in [2.75, 3.05) is 11.9 Å². The Hall–Kier alpha value is -2.10. The van der Waals surface area contributed by atoms with E-state index >= 15 is 0 Å². The average molecular weight is 270 g/mol. The van der Waals surface area contributed by atoms with Crippen LogP contribution in [0, 0.1) is 0 Å². The van der Waals surface area contributed by atoms with Crippen molar-refractivity contribution in [1.29, 1.82) is 0 Å². The number of allylic oxidation sites excluding steroid dienone is 3. The lowest BCUT2D eigenvalue weighted by Crippen LogP contribution is -2.18. The van der Waals surface area contributed by atoms with E-state index in [1.165, 1.54) is 11.3 Å². The highest BCUT2D eigenvalue weighted by atomic mass is 15.2. The van der Waals surface area contributed by atoms with Crippen LogP contribution in [0.2, 0.25) is 0 Å². The molecule has 0 saturated heterocycles. The van der Waals surface area contributed by atoms with Gasteiger partial charge in [0.25, 0.3) is 0 Å². The summed E-state index contributed by atoms with van der Waals surface area (Å²) in [5, 5.41) is 0. The molecule has 4 heteroatoms. The van der Waals surface area contributed by atoms with Crippen LogP contribution in [-0.2, 0) is 7.05 Å². The molecule has 4 nitrogen and oxygen atoms in total. The van der Waals surface area contributed by atoms with Gasteiger partial charge in [-0.1, -0.05) is 13.0 Å². The zero-order valence-corrected chi connectivity index (χ0v) is 12.9. The van der Waals surface area contributed by atoms with Crippen LogP contribution < -0.4 is 4.90 Å². The molecule has 0 aliphatic heterocycles. The fourth-order valence-electron chi connectivity index (χ4n) is 2.21. The Balaban J connectivity index is 2.48. The van der Waals surface area contributed by atoms with E-state index in [4.69, 9.17) is 0 Å². The van der Waals surface area contributed by atoms with Crippen molar-refractivity contribution < 1.29 is 0 Å². The van der Waals surface area contributed by atoms with Gasteiger partial charge >= 0.3 is 0 Å². The minimum Gasteiger partial charge on any atom is -0.334 e. The van der Waals surface area contributed by atoms with Crippen molar-refractivity contribution in [2.24, 2.45) is 7.05 Å². The second-order valence-electron chi connectivity index (χ2n) is 4.96. The fraction of sp³-hybridized carbons (Fsp3) is 0.375. The molecule has 0 saturated carbocycles. The smallest absolute Gasteiger partial charge is 0.134 e. The number of hydrogen-bond acceptors (Lipinski definition) is 3. The van der Waals surface area contributed by atoms with Crippen molar-refractivity contribution in [1.82, 2.24) is 14.5 Å². The van der Waals surface area contributed by atoms with Crippen LogP contribution in [0.15, 0.2) is 42.0 Å². The summed E-state index contributed by atoms with van der Waals surface area (Å²) in [5.74, 6) is 0.932. The lowest BCUT2D eigenvalue weighted by Gasteiger charge is -2.22. The van der Waals surface area contributed by atoms with Crippen LogP contribution in [0.5, 0.6) is 0 Å². The van der Waals surface area contributed by atoms with Gasteiger partial charge in [-0.3, -0.25) is 0 Å². The summed E-state index contributed by atoms with van der Waals surface area (Å²) in [6.45, 7) is 6.37. The molecule has 2 aromatic rings. The van der Waals surface area contributed by atoms with Crippen LogP contribution in [0.1, 0.15) is 27.2 Å². The standard InChI is InChI=1S/C16H22N4/c1-6-8-14(12(3)7-2)20(5)16-9-15-13(10-17-16)18-11-19(15)4/h6,8-11H,7H2,1-5H3. The third kappa shape index (κ3) is 2.59. The number of aromatic nitrogens is 3. The van der Waals surface area contributed by atoms with Gasteiger partial charge in [0.2, 0.25) is 0 Å². The zero-order chi connectivity index (χ0) is 14.7. The maximum atomic E-state index is 4.52. The Labute approximate surface area is 120 Å². The molecule has 0 aliphatic rings. The number of hydrogen-bond donors (Lipinski definition) is 0. The Kier molecular flexibility index (Phi) is 4.23. The number of aryl methyl sites for hydroxylation is 1. The normalized spacial score (nSPS) is 13.1. The fourth-order valence-corrected chi connectivity index (χ4v) is 2.21. The van der Waals surface area contributed by atoms with E-state index in [-0.39, 0.29) is 0 Å². The summed E-state index contributed by atoms with van der Waals surface area (Å²) in [5.41, 5.74) is 4.56. The largest absolute Gasteiger partial charge is 0.334 e. The predicted octanol–water partition coefficient (Wildman–Crippen LogP) is 3.66. The summed E-state index contributed by atoms with van der Waals surface area (Å²) in [7, 11) is 4.05. The number of rotatable bonds is 4. The Bertz CT molecular complexity index is 664. The first kappa shape index (κ1) is 14.3. The Morgan fingerprint density at radius 2 is 2.15 bits per heavy atom. The molecule has 0 amide bonds. The van der Waals surface area contributed by atoms with Crippen LogP contribution in [-0.4, -0.2) is 21.6 Å². The quantitative estimate of drug-likeness (QED) is 0.795. The van der Waals surface area contributed by atoms with Gasteiger partial charge in [0, 0.05) is 25.9 Å². The van der Waals surface area contributed by atoms with E-state index in [0.717, 1.165) is 23.3 Å². The number of pyridine rings is 1. The molecule has 0 spiro atoms. The maximum absolute atomic E-state index is 4.52. The van der Waals surface area contributed by atoms with Crippen LogP contribution in [0.3, 0.4) is 0 Å². The minimum absolute atomic E-state index is 0.924. The molecule has 2 aromatic heterocycles. The van der Waals surface area contributed by atoms with Gasteiger partial charge in [-0.05, 0) is 31.9 Å². The van der Waals surface area contributed by atoms with Crippen LogP contribution >= 0.6 is 0 Å². The maximum Gasteiger partial charge on any atom is 0.134 e. The van der Waals surface area contributed by atoms with Crippen molar-refractivity contribution >= 4 is 16.9 Å². The van der Waals surface area contributed by atoms with Gasteiger partial charge in [0.1, 0.15) is 11.3 Å². The number of nitrogens with zero attached hydrogens (tertiary/aromatic N) is 4. The molecule has 0 aliphatic carbocycles. The summed E-state index contributed by atoms with van der Waals surface area (Å²) in [6.07, 6.45) is 8.87. The van der Waals surface area contributed by atoms with E-state index in [1.807, 2.05) is 31.1 Å². The van der Waals surface area contributed by atoms with Gasteiger partial charge in [0.05, 0.1) is 18.0 Å². The number of likely N-dealkylation sites (N-methyl/N-ethyl adjacent to an activating group) is 1. The van der Waals surface area contributed by atoms with Gasteiger partial charge in [-0.2, -0.15) is 0 Å². The molecule has 20 heavy (non-hydrogen) atoms. The molecular formula is C16H22N4. The van der Waals surface area contributed by atoms with E-state index in [0.29, 0.717) is 0 Å². The van der Waals surface area contributed by atoms with E-state index in [1.54, 1.807) is 0 Å². The number of anilines is 1. The number of fused-ring (bicyclic) bond motifs is 1. The highest BCUT2D eigenvalue weighted by Crippen LogP contribution is 2.23. The van der Waals surface area contributed by atoms with Gasteiger partial charge < -0.3 is 9.47 Å². The lowest BCUT2D eigenvalue weighted by molar-refractivity contribution is 0.945. The van der Waals surface area contributed by atoms with E-state index in [9.17, 15) is 0 Å². The average Bonchev–Trinajstić information content (AvgIpc) is 2.84. The summed E-state index contributed by atoms with van der Waals surface area (Å²) < 4.78 is 2.01. The lowest BCUT2D eigenvalue weighted by atomic mass is 10.1. The van der Waals surface area contributed by atoms with Crippen molar-refractivity contribution in [2.45, 2.75) is 27.2 Å². The second kappa shape index (κ2) is 5.90.